The molecule has 15 nitrogen and oxygen atoms in total. The zero-order chi connectivity index (χ0) is 45.1. The Morgan fingerprint density at radius 1 is 0.877 bits per heavy atom. The average molecular weight is 880 g/mol. The number of piperidine rings is 1. The van der Waals surface area contributed by atoms with Crippen LogP contribution in [0, 0.1) is 17.8 Å². The van der Waals surface area contributed by atoms with E-state index in [1.165, 1.54) is 14.2 Å². The van der Waals surface area contributed by atoms with Crippen LogP contribution in [0.15, 0.2) is 84.0 Å². The number of hydrogen-bond donors (Lipinski definition) is 3. The van der Waals surface area contributed by atoms with Crippen LogP contribution < -0.4 is 15.4 Å². The van der Waals surface area contributed by atoms with E-state index in [-0.39, 0.29) is 41.8 Å². The molecular weight excluding hydrogens is 827 g/mol. The summed E-state index contributed by atoms with van der Waals surface area (Å²) in [6, 6.07) is 22.1. The van der Waals surface area contributed by atoms with E-state index in [0.29, 0.717) is 44.1 Å². The number of aromatic nitrogens is 2. The molecule has 15 heteroatoms. The first-order valence-electron chi connectivity index (χ1n) is 22.4. The highest BCUT2D eigenvalue weighted by molar-refractivity contribution is 6.07. The van der Waals surface area contributed by atoms with Gasteiger partial charge in [0.05, 0.1) is 50.5 Å². The van der Waals surface area contributed by atoms with E-state index in [9.17, 15) is 19.2 Å². The number of fused-ring (bicyclic) bond motifs is 7. The number of benzene rings is 4. The summed E-state index contributed by atoms with van der Waals surface area (Å²) in [7, 11) is 4.26. The summed E-state index contributed by atoms with van der Waals surface area (Å²) in [6.07, 6.45) is 3.58. The van der Waals surface area contributed by atoms with E-state index < -0.39 is 24.3 Å². The molecule has 4 aromatic carbocycles. The molecule has 3 N–H and O–H groups in total. The summed E-state index contributed by atoms with van der Waals surface area (Å²) in [5.41, 5.74) is 8.52. The topological polar surface area (TPSA) is 177 Å². The van der Waals surface area contributed by atoms with Crippen LogP contribution in [0.4, 0.5) is 15.3 Å². The van der Waals surface area contributed by atoms with Gasteiger partial charge in [0, 0.05) is 43.3 Å². The van der Waals surface area contributed by atoms with Crippen molar-refractivity contribution in [3.8, 4) is 28.1 Å². The third kappa shape index (κ3) is 7.74. The maximum absolute atomic E-state index is 14.4. The van der Waals surface area contributed by atoms with Crippen molar-refractivity contribution in [1.82, 2.24) is 30.4 Å². The Morgan fingerprint density at radius 3 is 2.45 bits per heavy atom. The van der Waals surface area contributed by atoms with Gasteiger partial charge in [-0.3, -0.25) is 14.6 Å². The van der Waals surface area contributed by atoms with Crippen LogP contribution in [-0.4, -0.2) is 102 Å². The van der Waals surface area contributed by atoms with Crippen LogP contribution in [0.1, 0.15) is 67.7 Å². The third-order valence-electron chi connectivity index (χ3n) is 13.9. The van der Waals surface area contributed by atoms with Crippen molar-refractivity contribution < 1.29 is 38.1 Å². The Bertz CT molecular complexity index is 2730. The molecule has 336 valence electrons. The van der Waals surface area contributed by atoms with Crippen LogP contribution in [0.5, 0.6) is 5.75 Å². The predicted octanol–water partition coefficient (Wildman–Crippen LogP) is 7.42. The Hall–Kier alpha value is -6.74. The largest absolute Gasteiger partial charge is 0.488 e. The molecule has 5 aliphatic rings. The highest BCUT2D eigenvalue weighted by Gasteiger charge is 2.56. The van der Waals surface area contributed by atoms with Crippen LogP contribution in [0.25, 0.3) is 33.2 Å². The van der Waals surface area contributed by atoms with Gasteiger partial charge >= 0.3 is 12.2 Å². The molecule has 65 heavy (non-hydrogen) atoms. The highest BCUT2D eigenvalue weighted by Crippen LogP contribution is 2.53. The van der Waals surface area contributed by atoms with Crippen molar-refractivity contribution in [1.29, 1.82) is 0 Å². The van der Waals surface area contributed by atoms with Crippen molar-refractivity contribution in [3.63, 3.8) is 0 Å². The van der Waals surface area contributed by atoms with Gasteiger partial charge in [-0.25, -0.2) is 14.6 Å². The van der Waals surface area contributed by atoms with Crippen molar-refractivity contribution in [2.24, 2.45) is 22.7 Å². The van der Waals surface area contributed by atoms with E-state index in [1.807, 2.05) is 60.2 Å². The van der Waals surface area contributed by atoms with Crippen LogP contribution in [-0.2, 0) is 36.8 Å². The molecule has 1 saturated carbocycles. The van der Waals surface area contributed by atoms with E-state index >= 15 is 0 Å². The molecule has 1 aromatic heterocycles. The van der Waals surface area contributed by atoms with E-state index in [2.05, 4.69) is 58.1 Å². The first-order valence-corrected chi connectivity index (χ1v) is 22.4. The number of nitrogens with zero attached hydrogens (tertiary/aromatic N) is 4. The summed E-state index contributed by atoms with van der Waals surface area (Å²) in [4.78, 5) is 70.3. The number of H-pyrrole nitrogens is 1. The van der Waals surface area contributed by atoms with Crippen LogP contribution in [0.3, 0.4) is 0 Å². The number of carbonyl (C=O) groups excluding carboxylic acids is 4. The minimum absolute atomic E-state index is 0.0997. The molecule has 0 bridgehead atoms. The fraction of sp³-hybridized carbons (Fsp3) is 0.400. The molecular formula is C50H53N7O8. The summed E-state index contributed by atoms with van der Waals surface area (Å²) >= 11 is 0. The van der Waals surface area contributed by atoms with Gasteiger partial charge in [-0.15, -0.1) is 0 Å². The number of alkyl carbamates (subject to hydrolysis) is 2. The summed E-state index contributed by atoms with van der Waals surface area (Å²) in [5.74, 6) is 1.61. The maximum Gasteiger partial charge on any atom is 0.407 e. The molecule has 5 aromatic rings. The predicted molar refractivity (Wildman–Crippen MR) is 243 cm³/mol. The highest BCUT2D eigenvalue weighted by atomic mass is 16.5. The average Bonchev–Trinajstić information content (AvgIpc) is 3.79. The smallest absolute Gasteiger partial charge is 0.407 e. The lowest BCUT2D eigenvalue weighted by molar-refractivity contribution is -0.136. The Morgan fingerprint density at radius 2 is 1.68 bits per heavy atom. The second-order valence-corrected chi connectivity index (χ2v) is 18.2. The number of amides is 4. The molecule has 10 rings (SSSR count). The lowest BCUT2D eigenvalue weighted by Gasteiger charge is -2.31. The number of methoxy groups -OCH3 is 3. The number of carbonyl (C=O) groups is 4. The summed E-state index contributed by atoms with van der Waals surface area (Å²) in [5, 5.41) is 7.64. The molecule has 4 aliphatic heterocycles. The molecule has 0 radical (unpaired) electrons. The lowest BCUT2D eigenvalue weighted by atomic mass is 9.90. The van der Waals surface area contributed by atoms with E-state index in [1.54, 1.807) is 7.11 Å². The number of ether oxygens (including phenoxy) is 4. The fourth-order valence-electron chi connectivity index (χ4n) is 10.5. The van der Waals surface area contributed by atoms with Gasteiger partial charge in [-0.1, -0.05) is 62.4 Å². The van der Waals surface area contributed by atoms with Gasteiger partial charge in [-0.2, -0.15) is 0 Å². The number of nitrogens with one attached hydrogen (secondary N) is 3. The summed E-state index contributed by atoms with van der Waals surface area (Å²) < 4.78 is 21.8. The quantitative estimate of drug-likeness (QED) is 0.122. The molecule has 3 fully saturated rings. The zero-order valence-corrected chi connectivity index (χ0v) is 37.1. The molecule has 1 aliphatic carbocycles. The Kier molecular flexibility index (Phi) is 11.0. The van der Waals surface area contributed by atoms with Gasteiger partial charge < -0.3 is 44.4 Å². The molecule has 5 heterocycles. The van der Waals surface area contributed by atoms with E-state index in [0.717, 1.165) is 80.1 Å². The maximum atomic E-state index is 14.4. The number of aliphatic imine (C=N–C) groups is 1. The van der Waals surface area contributed by atoms with Crippen LogP contribution >= 0.6 is 0 Å². The number of likely N-dealkylation sites (tertiary alicyclic amines) is 2. The molecule has 0 unspecified atom stereocenters. The van der Waals surface area contributed by atoms with Crippen molar-refractivity contribution in [2.75, 3.05) is 34.5 Å². The van der Waals surface area contributed by atoms with E-state index in [4.69, 9.17) is 28.9 Å². The summed E-state index contributed by atoms with van der Waals surface area (Å²) in [6.45, 7) is 5.20. The van der Waals surface area contributed by atoms with Crippen molar-refractivity contribution in [2.45, 2.75) is 76.3 Å². The number of imidazole rings is 1. The van der Waals surface area contributed by atoms with Gasteiger partial charge in [-0.05, 0) is 94.0 Å². The van der Waals surface area contributed by atoms with Gasteiger partial charge in [0.2, 0.25) is 11.8 Å². The number of rotatable bonds is 11. The molecule has 7 atom stereocenters. The minimum atomic E-state index is -0.926. The van der Waals surface area contributed by atoms with Gasteiger partial charge in [0.15, 0.2) is 0 Å². The zero-order valence-electron chi connectivity index (χ0n) is 37.1. The number of aromatic amines is 1. The molecule has 4 amide bonds. The first-order chi connectivity index (χ1) is 31.5. The van der Waals surface area contributed by atoms with Crippen molar-refractivity contribution in [3.05, 3.63) is 102 Å². The normalized spacial score (nSPS) is 22.2. The first kappa shape index (κ1) is 42.2. The second kappa shape index (κ2) is 17.0. The SMILES string of the molecule is COC[C@H]1C[C@@H](C2=Nc3ccc4cc5c(cc4c3C2)OCc2cc(-c3cnc([C@@H]4C[C@H]6C[C@H]6N4C(=O)[C@@H](NC(=O)OC)C(C)C)[nH]3)ccc2-5)N(C(=O)[C@H](NC(=O)OC)c2ccccc2)C1. The monoisotopic (exact) mass is 879 g/mol. The molecule has 2 saturated heterocycles. The fourth-order valence-corrected chi connectivity index (χ4v) is 10.5. The third-order valence-corrected chi connectivity index (χ3v) is 13.9. The minimum Gasteiger partial charge on any atom is -0.488 e. The standard InChI is InChI=1S/C50H53N7O8/c1-26(2)44(54-49(60)63-4)48(59)57-40-18-31(40)19-42(57)46-51-22-39(53-46)30-11-13-33-32(16-30)25-65-43-21-34-29(17-36(33)43)12-14-37-35(34)20-38(52-37)41-15-27(24-62-3)23-56(41)47(58)45(55-50(61)64-5)28-9-7-6-8-10-28/h6-14,16-17,21-22,26-27,31,40-42,44-45H,15,18-20,23-25H2,1-5H3,(H,51,53)(H,54,60)(H,55,61)/t27-,31+,40+,41-,42-,44-,45+/m0/s1. The molecule has 0 spiro atoms. The van der Waals surface area contributed by atoms with Crippen LogP contribution in [0.2, 0.25) is 0 Å². The Labute approximate surface area is 376 Å². The van der Waals surface area contributed by atoms with Gasteiger partial charge in [0.1, 0.15) is 30.3 Å². The lowest BCUT2D eigenvalue weighted by Crippen LogP contribution is -2.52. The number of hydrogen-bond acceptors (Lipinski definition) is 10. The Balaban J connectivity index is 0.884. The van der Waals surface area contributed by atoms with Gasteiger partial charge in [0.25, 0.3) is 0 Å². The van der Waals surface area contributed by atoms with Crippen molar-refractivity contribution >= 4 is 46.2 Å². The second-order valence-electron chi connectivity index (χ2n) is 18.2.